The zero-order chi connectivity index (χ0) is 20.1. The van der Waals surface area contributed by atoms with Gasteiger partial charge in [0, 0.05) is 43.4 Å². The second kappa shape index (κ2) is 8.51. The van der Waals surface area contributed by atoms with Crippen molar-refractivity contribution < 1.29 is 13.6 Å². The van der Waals surface area contributed by atoms with Gasteiger partial charge >= 0.3 is 0 Å². The largest absolute Gasteiger partial charge is 0.344 e. The second-order valence-corrected chi connectivity index (χ2v) is 6.30. The van der Waals surface area contributed by atoms with Crippen LogP contribution in [-0.2, 0) is 6.42 Å². The van der Waals surface area contributed by atoms with Gasteiger partial charge in [-0.15, -0.1) is 0 Å². The Hall–Kier alpha value is -3.42. The first-order chi connectivity index (χ1) is 13.4. The van der Waals surface area contributed by atoms with Crippen molar-refractivity contribution in [3.05, 3.63) is 77.4 Å². The molecule has 0 saturated heterocycles. The lowest BCUT2D eigenvalue weighted by molar-refractivity contribution is 0.102. The fraction of sp³-hybridized carbons (Fsp3) is 0.200. The summed E-state index contributed by atoms with van der Waals surface area (Å²) in [6.07, 6.45) is 4.24. The van der Waals surface area contributed by atoms with Crippen LogP contribution in [0, 0.1) is 18.6 Å². The van der Waals surface area contributed by atoms with Gasteiger partial charge in [-0.25, -0.2) is 18.7 Å². The molecule has 144 valence electrons. The normalized spacial score (nSPS) is 10.6. The maximum atomic E-state index is 13.3. The second-order valence-electron chi connectivity index (χ2n) is 6.30. The fourth-order valence-electron chi connectivity index (χ4n) is 2.56. The number of carbonyl (C=O) groups is 1. The van der Waals surface area contributed by atoms with Gasteiger partial charge < -0.3 is 10.2 Å². The van der Waals surface area contributed by atoms with E-state index in [-0.39, 0.29) is 11.4 Å². The Balaban J connectivity index is 1.72. The first-order valence-electron chi connectivity index (χ1n) is 8.64. The molecular formula is C20H19F2N5O. The maximum absolute atomic E-state index is 13.3. The van der Waals surface area contributed by atoms with Gasteiger partial charge in [0.15, 0.2) is 11.6 Å². The molecule has 0 spiro atoms. The highest BCUT2D eigenvalue weighted by Crippen LogP contribution is 2.15. The number of benzene rings is 1. The predicted molar refractivity (Wildman–Crippen MR) is 102 cm³/mol. The number of likely N-dealkylation sites (N-methyl/N-ethyl adjacent to an activating group) is 1. The van der Waals surface area contributed by atoms with Crippen LogP contribution >= 0.6 is 0 Å². The fourth-order valence-corrected chi connectivity index (χ4v) is 2.56. The van der Waals surface area contributed by atoms with Crippen molar-refractivity contribution in [1.29, 1.82) is 0 Å². The standard InChI is InChI=1S/C20H19F2N5O/c1-13-11-18(19(28)25-15-3-4-16(21)17(22)12-15)26-20(24-13)27(2)10-7-14-5-8-23-9-6-14/h3-6,8-9,11-12H,7,10H2,1-2H3,(H,25,28). The summed E-state index contributed by atoms with van der Waals surface area (Å²) >= 11 is 0. The molecule has 1 amide bonds. The molecule has 1 aromatic carbocycles. The summed E-state index contributed by atoms with van der Waals surface area (Å²) in [5, 5.41) is 2.52. The van der Waals surface area contributed by atoms with E-state index < -0.39 is 17.5 Å². The first kappa shape index (κ1) is 19.3. The molecule has 8 heteroatoms. The lowest BCUT2D eigenvalue weighted by Crippen LogP contribution is -2.24. The van der Waals surface area contributed by atoms with Gasteiger partial charge in [0.1, 0.15) is 5.69 Å². The van der Waals surface area contributed by atoms with E-state index in [0.717, 1.165) is 24.1 Å². The van der Waals surface area contributed by atoms with Crippen LogP contribution in [0.25, 0.3) is 0 Å². The molecule has 3 rings (SSSR count). The molecule has 3 aromatic rings. The Labute approximate surface area is 161 Å². The minimum absolute atomic E-state index is 0.142. The SMILES string of the molecule is Cc1cc(C(=O)Nc2ccc(F)c(F)c2)nc(N(C)CCc2ccncc2)n1. The van der Waals surface area contributed by atoms with Crippen LogP contribution in [0.1, 0.15) is 21.7 Å². The van der Waals surface area contributed by atoms with Crippen molar-refractivity contribution in [3.63, 3.8) is 0 Å². The average molecular weight is 383 g/mol. The molecule has 28 heavy (non-hydrogen) atoms. The van der Waals surface area contributed by atoms with E-state index in [1.54, 1.807) is 19.3 Å². The average Bonchev–Trinajstić information content (AvgIpc) is 2.69. The van der Waals surface area contributed by atoms with Crippen molar-refractivity contribution >= 4 is 17.5 Å². The molecule has 0 radical (unpaired) electrons. The van der Waals surface area contributed by atoms with Crippen LogP contribution in [0.5, 0.6) is 0 Å². The molecule has 0 fully saturated rings. The number of anilines is 2. The number of halogens is 2. The van der Waals surface area contributed by atoms with Crippen LogP contribution in [-0.4, -0.2) is 34.5 Å². The molecule has 0 unspecified atom stereocenters. The van der Waals surface area contributed by atoms with Crippen LogP contribution in [0.2, 0.25) is 0 Å². The summed E-state index contributed by atoms with van der Waals surface area (Å²) in [6, 6.07) is 8.57. The van der Waals surface area contributed by atoms with E-state index in [2.05, 4.69) is 20.3 Å². The van der Waals surface area contributed by atoms with Crippen molar-refractivity contribution in [3.8, 4) is 0 Å². The maximum Gasteiger partial charge on any atom is 0.274 e. The van der Waals surface area contributed by atoms with Gasteiger partial charge in [-0.1, -0.05) is 0 Å². The molecule has 0 bridgehead atoms. The third-order valence-corrected chi connectivity index (χ3v) is 4.08. The quantitative estimate of drug-likeness (QED) is 0.707. The van der Waals surface area contributed by atoms with Crippen LogP contribution in [0.15, 0.2) is 48.8 Å². The third kappa shape index (κ3) is 4.85. The monoisotopic (exact) mass is 383 g/mol. The third-order valence-electron chi connectivity index (χ3n) is 4.08. The molecule has 0 aliphatic carbocycles. The number of rotatable bonds is 6. The minimum Gasteiger partial charge on any atom is -0.344 e. The number of hydrogen-bond donors (Lipinski definition) is 1. The lowest BCUT2D eigenvalue weighted by atomic mass is 10.2. The topological polar surface area (TPSA) is 71.0 Å². The van der Waals surface area contributed by atoms with E-state index in [0.29, 0.717) is 18.2 Å². The highest BCUT2D eigenvalue weighted by molar-refractivity contribution is 6.03. The Morgan fingerprint density at radius 1 is 1.07 bits per heavy atom. The number of nitrogens with one attached hydrogen (secondary N) is 1. The Kier molecular flexibility index (Phi) is 5.88. The number of nitrogens with zero attached hydrogens (tertiary/aromatic N) is 4. The zero-order valence-electron chi connectivity index (χ0n) is 15.5. The summed E-state index contributed by atoms with van der Waals surface area (Å²) in [5.74, 6) is -2.13. The van der Waals surface area contributed by atoms with Crippen molar-refractivity contribution in [2.24, 2.45) is 0 Å². The Morgan fingerprint density at radius 2 is 1.82 bits per heavy atom. The van der Waals surface area contributed by atoms with E-state index in [9.17, 15) is 13.6 Å². The lowest BCUT2D eigenvalue weighted by Gasteiger charge is -2.18. The van der Waals surface area contributed by atoms with Crippen LogP contribution in [0.4, 0.5) is 20.4 Å². The molecule has 6 nitrogen and oxygen atoms in total. The Bertz CT molecular complexity index is 982. The van der Waals surface area contributed by atoms with E-state index >= 15 is 0 Å². The molecule has 2 aromatic heterocycles. The van der Waals surface area contributed by atoms with Crippen molar-refractivity contribution in [2.45, 2.75) is 13.3 Å². The van der Waals surface area contributed by atoms with Crippen molar-refractivity contribution in [2.75, 3.05) is 23.8 Å². The highest BCUT2D eigenvalue weighted by Gasteiger charge is 2.14. The van der Waals surface area contributed by atoms with Gasteiger partial charge in [0.05, 0.1) is 0 Å². The van der Waals surface area contributed by atoms with E-state index in [4.69, 9.17) is 0 Å². The van der Waals surface area contributed by atoms with E-state index in [1.165, 1.54) is 12.1 Å². The molecule has 1 N–H and O–H groups in total. The van der Waals surface area contributed by atoms with E-state index in [1.807, 2.05) is 24.1 Å². The van der Waals surface area contributed by atoms with Gasteiger partial charge in [0.25, 0.3) is 5.91 Å². The smallest absolute Gasteiger partial charge is 0.274 e. The summed E-state index contributed by atoms with van der Waals surface area (Å²) in [4.78, 5) is 27.0. The van der Waals surface area contributed by atoms with Crippen LogP contribution in [0.3, 0.4) is 0 Å². The van der Waals surface area contributed by atoms with Crippen molar-refractivity contribution in [1.82, 2.24) is 15.0 Å². The molecule has 2 heterocycles. The molecule has 0 aliphatic rings. The summed E-state index contributed by atoms with van der Waals surface area (Å²) in [6.45, 7) is 2.41. The first-order valence-corrected chi connectivity index (χ1v) is 8.64. The Morgan fingerprint density at radius 3 is 2.54 bits per heavy atom. The van der Waals surface area contributed by atoms with Gasteiger partial charge in [0.2, 0.25) is 5.95 Å². The minimum atomic E-state index is -1.03. The number of pyridine rings is 1. The van der Waals surface area contributed by atoms with Gasteiger partial charge in [-0.2, -0.15) is 0 Å². The summed E-state index contributed by atoms with van der Waals surface area (Å²) < 4.78 is 26.4. The molecule has 0 aliphatic heterocycles. The zero-order valence-corrected chi connectivity index (χ0v) is 15.5. The van der Waals surface area contributed by atoms with Crippen LogP contribution < -0.4 is 10.2 Å². The number of hydrogen-bond acceptors (Lipinski definition) is 5. The number of aromatic nitrogens is 3. The molecule has 0 saturated carbocycles. The van der Waals surface area contributed by atoms with Gasteiger partial charge in [-0.05, 0) is 49.2 Å². The summed E-state index contributed by atoms with van der Waals surface area (Å²) in [7, 11) is 1.84. The van der Waals surface area contributed by atoms with Gasteiger partial charge in [-0.3, -0.25) is 9.78 Å². The number of aryl methyl sites for hydroxylation is 1. The number of carbonyl (C=O) groups excluding carboxylic acids is 1. The molecule has 0 atom stereocenters. The number of amides is 1. The predicted octanol–water partition coefficient (Wildman–Crippen LogP) is 3.39. The summed E-state index contributed by atoms with van der Waals surface area (Å²) in [5.41, 5.74) is 2.04. The molecular weight excluding hydrogens is 364 g/mol. The highest BCUT2D eigenvalue weighted by atomic mass is 19.2.